The highest BCUT2D eigenvalue weighted by atomic mass is 16.5. The molecule has 7 aromatic carbocycles. The van der Waals surface area contributed by atoms with Crippen LogP contribution < -0.4 is 4.74 Å². The van der Waals surface area contributed by atoms with Gasteiger partial charge in [0, 0.05) is 38.6 Å². The fraction of sp³-hybridized carbons (Fsp3) is 0.0426. The molecule has 3 heterocycles. The molecule has 0 saturated carbocycles. The molecule has 0 aliphatic carbocycles. The number of hydrogen-bond donors (Lipinski definition) is 0. The van der Waals surface area contributed by atoms with Crippen molar-refractivity contribution in [1.29, 1.82) is 0 Å². The van der Waals surface area contributed by atoms with Gasteiger partial charge in [-0.25, -0.2) is 15.0 Å². The summed E-state index contributed by atoms with van der Waals surface area (Å²) in [6.45, 7) is 1.91. The van der Waals surface area contributed by atoms with Crippen molar-refractivity contribution in [2.45, 2.75) is 12.4 Å². The Bertz CT molecular complexity index is 2840. The van der Waals surface area contributed by atoms with Crippen molar-refractivity contribution in [3.05, 3.63) is 169 Å². The average molecular weight is 680 g/mol. The Morgan fingerprint density at radius 3 is 1.87 bits per heavy atom. The predicted octanol–water partition coefficient (Wildman–Crippen LogP) is 11.5. The van der Waals surface area contributed by atoms with E-state index in [0.29, 0.717) is 17.5 Å². The standard InChI is InChI=1S/C47H30BN3O2/c1-47(48)39-21-11-18-34(42(39)38-17-6-8-23-41(38)53-47)29-24-26-31(27-25-29)45-49-44(30-12-3-2-4-13-30)50-46(51-45)33-15-9-14-32(28-33)35-19-10-20-37-36-16-5-7-22-40(36)52-43(35)37/h2-28H,1H3. The second-order valence-electron chi connectivity index (χ2n) is 13.5. The molecule has 0 fully saturated rings. The lowest BCUT2D eigenvalue weighted by molar-refractivity contribution is 0.175. The average Bonchev–Trinajstić information content (AvgIpc) is 3.60. The number of aromatic nitrogens is 3. The van der Waals surface area contributed by atoms with Gasteiger partial charge in [-0.3, -0.25) is 0 Å². The maximum Gasteiger partial charge on any atom is 0.164 e. The van der Waals surface area contributed by atoms with E-state index in [-0.39, 0.29) is 0 Å². The third kappa shape index (κ3) is 5.30. The number of para-hydroxylation sites is 3. The van der Waals surface area contributed by atoms with Gasteiger partial charge >= 0.3 is 0 Å². The molecule has 6 heteroatoms. The van der Waals surface area contributed by atoms with E-state index in [1.807, 2.05) is 97.9 Å². The van der Waals surface area contributed by atoms with Crippen LogP contribution in [0.3, 0.4) is 0 Å². The fourth-order valence-electron chi connectivity index (χ4n) is 7.49. The molecule has 1 aliphatic heterocycles. The molecule has 248 valence electrons. The number of nitrogens with zero attached hydrogens (tertiary/aromatic N) is 3. The SMILES string of the molecule is [B]C1(C)Oc2ccccc2-c2c(-c3ccc(-c4nc(-c5ccccc5)nc(-c5cccc(-c6cccc7c6oc6ccccc67)c5)n4)cc3)cccc21. The smallest absolute Gasteiger partial charge is 0.164 e. The highest BCUT2D eigenvalue weighted by molar-refractivity contribution is 6.16. The van der Waals surface area contributed by atoms with Crippen LogP contribution in [0.5, 0.6) is 5.75 Å². The molecule has 5 nitrogen and oxygen atoms in total. The van der Waals surface area contributed by atoms with Gasteiger partial charge in [-0.05, 0) is 52.9 Å². The quantitative estimate of drug-likeness (QED) is 0.169. The third-order valence-electron chi connectivity index (χ3n) is 10.0. The molecular formula is C47H30BN3O2. The van der Waals surface area contributed by atoms with Crippen molar-refractivity contribution in [2.24, 2.45) is 0 Å². The lowest BCUT2D eigenvalue weighted by atomic mass is 9.71. The van der Waals surface area contributed by atoms with Gasteiger partial charge in [0.25, 0.3) is 0 Å². The van der Waals surface area contributed by atoms with E-state index in [4.69, 9.17) is 32.0 Å². The summed E-state index contributed by atoms with van der Waals surface area (Å²) in [7, 11) is 6.71. The summed E-state index contributed by atoms with van der Waals surface area (Å²) in [5.74, 6) is 2.56. The van der Waals surface area contributed by atoms with Gasteiger partial charge in [0.15, 0.2) is 17.5 Å². The number of fused-ring (bicyclic) bond motifs is 6. The molecule has 1 atom stereocenters. The van der Waals surface area contributed by atoms with Crippen LogP contribution in [0.4, 0.5) is 0 Å². The maximum atomic E-state index is 6.71. The fourth-order valence-corrected chi connectivity index (χ4v) is 7.49. The Hall–Kier alpha value is -6.79. The van der Waals surface area contributed by atoms with Crippen LogP contribution in [0.1, 0.15) is 12.5 Å². The Labute approximate surface area is 308 Å². The van der Waals surface area contributed by atoms with Gasteiger partial charge in [0.1, 0.15) is 24.8 Å². The molecule has 53 heavy (non-hydrogen) atoms. The van der Waals surface area contributed by atoms with Crippen LogP contribution in [0.15, 0.2) is 168 Å². The van der Waals surface area contributed by atoms with Crippen molar-refractivity contribution in [1.82, 2.24) is 15.0 Å². The molecule has 0 bridgehead atoms. The number of furan rings is 1. The number of ether oxygens (including phenoxy) is 1. The van der Waals surface area contributed by atoms with Crippen LogP contribution in [-0.2, 0) is 5.50 Å². The van der Waals surface area contributed by atoms with Gasteiger partial charge in [-0.15, -0.1) is 0 Å². The molecule has 0 N–H and O–H groups in total. The zero-order valence-electron chi connectivity index (χ0n) is 28.8. The van der Waals surface area contributed by atoms with Gasteiger partial charge in [0.05, 0.1) is 5.50 Å². The summed E-state index contributed by atoms with van der Waals surface area (Å²) in [6, 6.07) is 55.5. The van der Waals surface area contributed by atoms with Gasteiger partial charge in [-0.1, -0.05) is 146 Å². The Morgan fingerprint density at radius 2 is 1.04 bits per heavy atom. The summed E-state index contributed by atoms with van der Waals surface area (Å²) in [5, 5.41) is 2.19. The van der Waals surface area contributed by atoms with Crippen molar-refractivity contribution >= 4 is 29.8 Å². The highest BCUT2D eigenvalue weighted by Gasteiger charge is 2.33. The zero-order chi connectivity index (χ0) is 35.5. The summed E-state index contributed by atoms with van der Waals surface area (Å²) in [6.07, 6.45) is 0. The topological polar surface area (TPSA) is 61.0 Å². The summed E-state index contributed by atoms with van der Waals surface area (Å²) in [4.78, 5) is 15.1. The summed E-state index contributed by atoms with van der Waals surface area (Å²) < 4.78 is 12.6. The molecule has 1 aliphatic rings. The molecule has 2 radical (unpaired) electrons. The lowest BCUT2D eigenvalue weighted by Crippen LogP contribution is -2.33. The molecule has 0 spiro atoms. The predicted molar refractivity (Wildman–Crippen MR) is 213 cm³/mol. The van der Waals surface area contributed by atoms with E-state index < -0.39 is 5.50 Å². The minimum atomic E-state index is -0.954. The largest absolute Gasteiger partial charge is 0.492 e. The van der Waals surface area contributed by atoms with Crippen molar-refractivity contribution < 1.29 is 9.15 Å². The van der Waals surface area contributed by atoms with Crippen LogP contribution in [0, 0.1) is 0 Å². The third-order valence-corrected chi connectivity index (χ3v) is 10.0. The Balaban J connectivity index is 1.08. The van der Waals surface area contributed by atoms with Crippen molar-refractivity contribution in [2.75, 3.05) is 0 Å². The first kappa shape index (κ1) is 31.0. The van der Waals surface area contributed by atoms with Gasteiger partial charge in [0.2, 0.25) is 0 Å². The van der Waals surface area contributed by atoms with E-state index in [1.54, 1.807) is 0 Å². The summed E-state index contributed by atoms with van der Waals surface area (Å²) in [5.41, 5.74) is 10.7. The molecule has 0 saturated heterocycles. The molecule has 10 rings (SSSR count). The maximum absolute atomic E-state index is 6.71. The molecule has 2 aromatic heterocycles. The van der Waals surface area contributed by atoms with E-state index in [1.165, 1.54) is 0 Å². The first-order valence-corrected chi connectivity index (χ1v) is 17.6. The van der Waals surface area contributed by atoms with E-state index in [2.05, 4.69) is 72.8 Å². The molecular weight excluding hydrogens is 649 g/mol. The van der Waals surface area contributed by atoms with E-state index >= 15 is 0 Å². The normalized spacial score (nSPS) is 14.8. The summed E-state index contributed by atoms with van der Waals surface area (Å²) >= 11 is 0. The van der Waals surface area contributed by atoms with Crippen LogP contribution in [-0.4, -0.2) is 22.8 Å². The first-order chi connectivity index (χ1) is 26.0. The van der Waals surface area contributed by atoms with Gasteiger partial charge in [-0.2, -0.15) is 0 Å². The van der Waals surface area contributed by atoms with E-state index in [0.717, 1.165) is 83.3 Å². The number of rotatable bonds is 5. The molecule has 9 aromatic rings. The van der Waals surface area contributed by atoms with E-state index in [9.17, 15) is 0 Å². The van der Waals surface area contributed by atoms with Gasteiger partial charge < -0.3 is 9.15 Å². The Morgan fingerprint density at radius 1 is 0.472 bits per heavy atom. The molecule has 0 amide bonds. The highest BCUT2D eigenvalue weighted by Crippen LogP contribution is 2.48. The van der Waals surface area contributed by atoms with Crippen LogP contribution in [0.2, 0.25) is 0 Å². The number of hydrogen-bond acceptors (Lipinski definition) is 5. The molecule has 1 unspecified atom stereocenters. The van der Waals surface area contributed by atoms with Crippen molar-refractivity contribution in [3.8, 4) is 73.3 Å². The first-order valence-electron chi connectivity index (χ1n) is 17.6. The lowest BCUT2D eigenvalue weighted by Gasteiger charge is -2.36. The zero-order valence-corrected chi connectivity index (χ0v) is 28.8. The minimum absolute atomic E-state index is 0.590. The van der Waals surface area contributed by atoms with Crippen LogP contribution >= 0.6 is 0 Å². The monoisotopic (exact) mass is 679 g/mol. The number of benzene rings is 7. The minimum Gasteiger partial charge on any atom is -0.492 e. The Kier molecular flexibility index (Phi) is 7.12. The van der Waals surface area contributed by atoms with Crippen molar-refractivity contribution in [3.63, 3.8) is 0 Å². The second-order valence-corrected chi connectivity index (χ2v) is 13.5. The second kappa shape index (κ2) is 12.2. The van der Waals surface area contributed by atoms with Crippen LogP contribution in [0.25, 0.3) is 89.5 Å².